The predicted octanol–water partition coefficient (Wildman–Crippen LogP) is 2.92. The van der Waals surface area contributed by atoms with Crippen LogP contribution in [0.2, 0.25) is 0 Å². The van der Waals surface area contributed by atoms with Crippen molar-refractivity contribution in [3.05, 3.63) is 71.8 Å². The van der Waals surface area contributed by atoms with E-state index in [2.05, 4.69) is 45.8 Å². The van der Waals surface area contributed by atoms with Gasteiger partial charge in [0.1, 0.15) is 12.1 Å². The van der Waals surface area contributed by atoms with E-state index >= 15 is 0 Å². The van der Waals surface area contributed by atoms with Gasteiger partial charge >= 0.3 is 0 Å². The minimum atomic E-state index is 0.445. The van der Waals surface area contributed by atoms with Crippen molar-refractivity contribution in [2.45, 2.75) is 31.8 Å². The molecule has 0 saturated heterocycles. The molecule has 3 aromatic rings. The number of fused-ring (bicyclic) bond motifs is 1. The van der Waals surface area contributed by atoms with E-state index < -0.39 is 0 Å². The first-order chi connectivity index (χ1) is 12.3. The number of methoxy groups -OCH3 is 1. The molecule has 5 heteroatoms. The van der Waals surface area contributed by atoms with Crippen LogP contribution in [0.15, 0.2) is 54.9 Å². The molecular formula is C20H22N4O. The maximum Gasteiger partial charge on any atom is 0.151 e. The largest absolute Gasteiger partial charge is 0.496 e. The molecule has 0 fully saturated rings. The van der Waals surface area contributed by atoms with E-state index in [-0.39, 0.29) is 0 Å². The molecule has 1 N–H and O–H groups in total. The minimum absolute atomic E-state index is 0.445. The molecule has 2 aromatic carbocycles. The second-order valence-electron chi connectivity index (χ2n) is 6.37. The third kappa shape index (κ3) is 3.28. The number of aromatic nitrogens is 3. The number of nitrogens with one attached hydrogen (secondary N) is 1. The topological polar surface area (TPSA) is 52.0 Å². The summed E-state index contributed by atoms with van der Waals surface area (Å²) in [7, 11) is 1.75. The molecule has 0 radical (unpaired) electrons. The fourth-order valence-electron chi connectivity index (χ4n) is 3.56. The highest BCUT2D eigenvalue weighted by Crippen LogP contribution is 2.29. The van der Waals surface area contributed by atoms with Crippen molar-refractivity contribution in [3.63, 3.8) is 0 Å². The second kappa shape index (κ2) is 7.07. The monoisotopic (exact) mass is 334 g/mol. The van der Waals surface area contributed by atoms with Crippen LogP contribution < -0.4 is 10.1 Å². The second-order valence-corrected chi connectivity index (χ2v) is 6.37. The number of hydrogen-bond acceptors (Lipinski definition) is 4. The Kier molecular flexibility index (Phi) is 4.48. The fourth-order valence-corrected chi connectivity index (χ4v) is 3.56. The number of benzene rings is 2. The SMILES string of the molecule is COc1cccc2c1CCC(NCc1nncn1-c1ccccc1)C2. The summed E-state index contributed by atoms with van der Waals surface area (Å²) in [4.78, 5) is 0. The van der Waals surface area contributed by atoms with Crippen LogP contribution in [0, 0.1) is 0 Å². The number of ether oxygens (including phenoxy) is 1. The average Bonchev–Trinajstić information content (AvgIpc) is 3.15. The van der Waals surface area contributed by atoms with E-state index in [1.807, 2.05) is 22.8 Å². The van der Waals surface area contributed by atoms with Gasteiger partial charge in [0, 0.05) is 11.7 Å². The van der Waals surface area contributed by atoms with Gasteiger partial charge in [0.2, 0.25) is 0 Å². The van der Waals surface area contributed by atoms with E-state index in [1.165, 1.54) is 11.1 Å². The van der Waals surface area contributed by atoms with Crippen LogP contribution in [-0.2, 0) is 19.4 Å². The van der Waals surface area contributed by atoms with Gasteiger partial charge in [-0.15, -0.1) is 10.2 Å². The maximum absolute atomic E-state index is 5.49. The van der Waals surface area contributed by atoms with Crippen molar-refractivity contribution >= 4 is 0 Å². The van der Waals surface area contributed by atoms with Crippen LogP contribution in [-0.4, -0.2) is 27.9 Å². The highest BCUT2D eigenvalue weighted by Gasteiger charge is 2.21. The number of nitrogens with zero attached hydrogens (tertiary/aromatic N) is 3. The zero-order valence-electron chi connectivity index (χ0n) is 14.4. The number of rotatable bonds is 5. The number of para-hydroxylation sites is 1. The lowest BCUT2D eigenvalue weighted by Crippen LogP contribution is -2.34. The van der Waals surface area contributed by atoms with Crippen molar-refractivity contribution in [1.29, 1.82) is 0 Å². The summed E-state index contributed by atoms with van der Waals surface area (Å²) in [6, 6.07) is 17.0. The standard InChI is InChI=1S/C20H22N4O/c1-25-19-9-5-6-15-12-16(10-11-18(15)19)21-13-20-23-22-14-24(20)17-7-3-2-4-8-17/h2-9,14,16,21H,10-13H2,1H3. The van der Waals surface area contributed by atoms with Crippen molar-refractivity contribution in [3.8, 4) is 11.4 Å². The smallest absolute Gasteiger partial charge is 0.151 e. The highest BCUT2D eigenvalue weighted by atomic mass is 16.5. The van der Waals surface area contributed by atoms with E-state index in [9.17, 15) is 0 Å². The normalized spacial score (nSPS) is 16.4. The molecule has 1 aromatic heterocycles. The molecule has 1 heterocycles. The summed E-state index contributed by atoms with van der Waals surface area (Å²) in [6.45, 7) is 0.707. The van der Waals surface area contributed by atoms with Crippen molar-refractivity contribution in [2.24, 2.45) is 0 Å². The lowest BCUT2D eigenvalue weighted by molar-refractivity contribution is 0.396. The quantitative estimate of drug-likeness (QED) is 0.779. The van der Waals surface area contributed by atoms with Crippen molar-refractivity contribution < 1.29 is 4.74 Å². The van der Waals surface area contributed by atoms with Gasteiger partial charge in [-0.25, -0.2) is 0 Å². The summed E-state index contributed by atoms with van der Waals surface area (Å²) in [5.74, 6) is 1.95. The van der Waals surface area contributed by atoms with Crippen LogP contribution >= 0.6 is 0 Å². The summed E-state index contributed by atoms with van der Waals surface area (Å²) >= 11 is 0. The van der Waals surface area contributed by atoms with Gasteiger partial charge in [-0.1, -0.05) is 30.3 Å². The minimum Gasteiger partial charge on any atom is -0.496 e. The summed E-state index contributed by atoms with van der Waals surface area (Å²) in [5, 5.41) is 12.0. The summed E-state index contributed by atoms with van der Waals surface area (Å²) in [6.07, 6.45) is 4.94. The Morgan fingerprint density at radius 1 is 1.16 bits per heavy atom. The molecule has 1 aliphatic carbocycles. The van der Waals surface area contributed by atoms with Crippen molar-refractivity contribution in [1.82, 2.24) is 20.1 Å². The Labute approximate surface area is 147 Å². The molecule has 1 atom stereocenters. The van der Waals surface area contributed by atoms with Crippen LogP contribution in [0.3, 0.4) is 0 Å². The Morgan fingerprint density at radius 3 is 2.88 bits per heavy atom. The lowest BCUT2D eigenvalue weighted by atomic mass is 9.87. The Balaban J connectivity index is 1.44. The van der Waals surface area contributed by atoms with Gasteiger partial charge < -0.3 is 10.1 Å². The van der Waals surface area contributed by atoms with Gasteiger partial charge in [0.25, 0.3) is 0 Å². The van der Waals surface area contributed by atoms with Crippen LogP contribution in [0.4, 0.5) is 0 Å². The highest BCUT2D eigenvalue weighted by molar-refractivity contribution is 5.42. The predicted molar refractivity (Wildman–Crippen MR) is 97.0 cm³/mol. The summed E-state index contributed by atoms with van der Waals surface area (Å²) < 4.78 is 7.52. The molecule has 0 spiro atoms. The molecule has 5 nitrogen and oxygen atoms in total. The first-order valence-corrected chi connectivity index (χ1v) is 8.67. The lowest BCUT2D eigenvalue weighted by Gasteiger charge is -2.26. The average molecular weight is 334 g/mol. The van der Waals surface area contributed by atoms with Crippen LogP contribution in [0.25, 0.3) is 5.69 Å². The molecular weight excluding hydrogens is 312 g/mol. The molecule has 1 aliphatic rings. The molecule has 0 saturated carbocycles. The molecule has 128 valence electrons. The molecule has 0 bridgehead atoms. The van der Waals surface area contributed by atoms with Gasteiger partial charge in [-0.05, 0) is 48.6 Å². The Hall–Kier alpha value is -2.66. The molecule has 4 rings (SSSR count). The Bertz CT molecular complexity index is 844. The first kappa shape index (κ1) is 15.8. The molecule has 25 heavy (non-hydrogen) atoms. The third-order valence-electron chi connectivity index (χ3n) is 4.86. The van der Waals surface area contributed by atoms with E-state index in [0.29, 0.717) is 12.6 Å². The molecule has 0 aliphatic heterocycles. The van der Waals surface area contributed by atoms with Crippen LogP contribution in [0.5, 0.6) is 5.75 Å². The van der Waals surface area contributed by atoms with Gasteiger partial charge in [0.05, 0.1) is 13.7 Å². The van der Waals surface area contributed by atoms with E-state index in [1.54, 1.807) is 13.4 Å². The zero-order chi connectivity index (χ0) is 17.1. The van der Waals surface area contributed by atoms with Crippen LogP contribution in [0.1, 0.15) is 23.4 Å². The molecule has 1 unspecified atom stereocenters. The van der Waals surface area contributed by atoms with Gasteiger partial charge in [0.15, 0.2) is 5.82 Å². The number of hydrogen-bond donors (Lipinski definition) is 1. The van der Waals surface area contributed by atoms with Crippen molar-refractivity contribution in [2.75, 3.05) is 7.11 Å². The third-order valence-corrected chi connectivity index (χ3v) is 4.86. The molecule has 0 amide bonds. The van der Waals surface area contributed by atoms with Gasteiger partial charge in [-0.2, -0.15) is 0 Å². The maximum atomic E-state index is 5.49. The fraction of sp³-hybridized carbons (Fsp3) is 0.300. The Morgan fingerprint density at radius 2 is 2.04 bits per heavy atom. The summed E-state index contributed by atoms with van der Waals surface area (Å²) in [5.41, 5.74) is 3.83. The van der Waals surface area contributed by atoms with E-state index in [0.717, 1.165) is 36.5 Å². The first-order valence-electron chi connectivity index (χ1n) is 8.67. The van der Waals surface area contributed by atoms with E-state index in [4.69, 9.17) is 4.74 Å². The van der Waals surface area contributed by atoms with Gasteiger partial charge in [-0.3, -0.25) is 4.57 Å². The zero-order valence-corrected chi connectivity index (χ0v) is 14.4.